The highest BCUT2D eigenvalue weighted by Crippen LogP contribution is 2.43. The molecule has 2 atom stereocenters. The Labute approximate surface area is 167 Å². The van der Waals surface area contributed by atoms with Gasteiger partial charge in [0.1, 0.15) is 23.4 Å². The van der Waals surface area contributed by atoms with Gasteiger partial charge >= 0.3 is 0 Å². The fraction of sp³-hybridized carbons (Fsp3) is 0.286. The zero-order chi connectivity index (χ0) is 19.6. The molecular weight excluding hydrogens is 412 g/mol. The van der Waals surface area contributed by atoms with Crippen LogP contribution >= 0.6 is 36.2 Å². The number of H-pyrrole nitrogens is 1. The van der Waals surface area contributed by atoms with Crippen LogP contribution in [0.3, 0.4) is 0 Å². The van der Waals surface area contributed by atoms with E-state index in [1.165, 1.54) is 28.4 Å². The number of nitrogens with zero attached hydrogens (tertiary/aromatic N) is 3. The third-order valence-corrected chi connectivity index (χ3v) is 5.98. The Morgan fingerprint density at radius 3 is 2.93 bits per heavy atom. The standard InChI is InChI=1S/C14H14N6O4S3/c15-7(21)1-2-26-4-8(22)18-9-12(23)20-10(14(24)25)6(3-27-13(9)20)11-16-5-17-19-11/h1-2,5,9,13H,3-4H2,(H2,15,21)(H,18,22)(H,24,25)(H,16,17,19)/b2-1-/t9-,13-/m1/s1. The average molecular weight is 427 g/mol. The van der Waals surface area contributed by atoms with E-state index in [1.807, 2.05) is 0 Å². The summed E-state index contributed by atoms with van der Waals surface area (Å²) in [5, 5.41) is 9.54. The number of amides is 3. The quantitative estimate of drug-likeness (QED) is 0.249. The van der Waals surface area contributed by atoms with E-state index < -0.39 is 28.3 Å². The van der Waals surface area contributed by atoms with E-state index in [4.69, 9.17) is 5.73 Å². The Morgan fingerprint density at radius 2 is 2.30 bits per heavy atom. The van der Waals surface area contributed by atoms with E-state index in [9.17, 15) is 19.2 Å². The topological polar surface area (TPSA) is 151 Å². The molecule has 2 aliphatic rings. The number of hydrogen-bond donors (Lipinski definition) is 4. The molecule has 10 nitrogen and oxygen atoms in total. The number of nitrogens with two attached hydrogens (primary N) is 1. The SMILES string of the molecule is NC(=O)/C=C\SCC(=O)N[C@@H]1C(=O)N2C(C(=O)S)=C(c3ncn[nH]3)CS[C@H]12. The molecule has 0 aromatic carbocycles. The van der Waals surface area contributed by atoms with Crippen molar-refractivity contribution in [2.45, 2.75) is 11.4 Å². The number of carbonyl (C=O) groups is 4. The number of fused-ring (bicyclic) bond motifs is 1. The molecule has 1 saturated heterocycles. The van der Waals surface area contributed by atoms with Gasteiger partial charge in [0.05, 0.1) is 5.75 Å². The molecule has 0 unspecified atom stereocenters. The van der Waals surface area contributed by atoms with Gasteiger partial charge in [-0.3, -0.25) is 29.2 Å². The number of aromatic amines is 1. The first-order valence-corrected chi connectivity index (χ1v) is 10.1. The van der Waals surface area contributed by atoms with Crippen molar-refractivity contribution in [2.24, 2.45) is 5.73 Å². The zero-order valence-corrected chi connectivity index (χ0v) is 16.1. The summed E-state index contributed by atoms with van der Waals surface area (Å²) in [6.07, 6.45) is 2.45. The van der Waals surface area contributed by atoms with Gasteiger partial charge in [-0.25, -0.2) is 4.98 Å². The lowest BCUT2D eigenvalue weighted by Crippen LogP contribution is -2.70. The van der Waals surface area contributed by atoms with Crippen molar-refractivity contribution < 1.29 is 19.2 Å². The summed E-state index contributed by atoms with van der Waals surface area (Å²) in [4.78, 5) is 52.5. The predicted octanol–water partition coefficient (Wildman–Crippen LogP) is -0.896. The van der Waals surface area contributed by atoms with E-state index in [2.05, 4.69) is 33.1 Å². The number of nitrogens with one attached hydrogen (secondary N) is 2. The maximum Gasteiger partial charge on any atom is 0.253 e. The molecule has 0 bridgehead atoms. The molecule has 27 heavy (non-hydrogen) atoms. The van der Waals surface area contributed by atoms with Crippen LogP contribution in [0.25, 0.3) is 5.57 Å². The number of rotatable bonds is 7. The van der Waals surface area contributed by atoms with Gasteiger partial charge in [0.2, 0.25) is 16.9 Å². The van der Waals surface area contributed by atoms with Gasteiger partial charge < -0.3 is 11.1 Å². The molecule has 1 fully saturated rings. The van der Waals surface area contributed by atoms with Crippen LogP contribution in [0.15, 0.2) is 23.5 Å². The van der Waals surface area contributed by atoms with Crippen molar-refractivity contribution in [3.63, 3.8) is 0 Å². The molecular formula is C14H14N6O4S3. The molecule has 0 aliphatic carbocycles. The van der Waals surface area contributed by atoms with Gasteiger partial charge in [-0.15, -0.1) is 23.5 Å². The minimum atomic E-state index is -0.734. The van der Waals surface area contributed by atoms with Crippen molar-refractivity contribution in [3.8, 4) is 0 Å². The maximum absolute atomic E-state index is 12.5. The summed E-state index contributed by atoms with van der Waals surface area (Å²) in [7, 11) is 0. The second kappa shape index (κ2) is 8.19. The Morgan fingerprint density at radius 1 is 1.52 bits per heavy atom. The Hall–Kier alpha value is -2.25. The number of β-lactam (4-membered cyclic amide) rings is 1. The average Bonchev–Trinajstić information content (AvgIpc) is 3.16. The molecule has 0 spiro atoms. The van der Waals surface area contributed by atoms with Crippen LogP contribution in [-0.4, -0.2) is 65.8 Å². The first kappa shape index (κ1) is 19.5. The summed E-state index contributed by atoms with van der Waals surface area (Å²) < 4.78 is 0. The molecule has 0 radical (unpaired) electrons. The highest BCUT2D eigenvalue weighted by atomic mass is 32.2. The molecule has 2 aliphatic heterocycles. The van der Waals surface area contributed by atoms with Gasteiger partial charge in [-0.1, -0.05) is 12.6 Å². The van der Waals surface area contributed by atoms with Gasteiger partial charge in [0.15, 0.2) is 5.82 Å². The highest BCUT2D eigenvalue weighted by Gasteiger charge is 2.54. The van der Waals surface area contributed by atoms with Gasteiger partial charge in [0, 0.05) is 17.4 Å². The summed E-state index contributed by atoms with van der Waals surface area (Å²) in [6, 6.07) is -0.734. The Bertz CT molecular complexity index is 853. The largest absolute Gasteiger partial charge is 0.366 e. The molecule has 3 amide bonds. The molecule has 0 saturated carbocycles. The van der Waals surface area contributed by atoms with Crippen molar-refractivity contribution in [2.75, 3.05) is 11.5 Å². The minimum absolute atomic E-state index is 0.0302. The fourth-order valence-electron chi connectivity index (χ4n) is 2.61. The van der Waals surface area contributed by atoms with Crippen LogP contribution in [0.1, 0.15) is 5.82 Å². The van der Waals surface area contributed by atoms with Crippen LogP contribution < -0.4 is 11.1 Å². The van der Waals surface area contributed by atoms with Crippen molar-refractivity contribution >= 4 is 64.6 Å². The van der Waals surface area contributed by atoms with E-state index in [0.717, 1.165) is 17.8 Å². The lowest BCUT2D eigenvalue weighted by atomic mass is 10.0. The fourth-order valence-corrected chi connectivity index (χ4v) is 4.76. The third kappa shape index (κ3) is 4.04. The molecule has 142 valence electrons. The first-order chi connectivity index (χ1) is 12.9. The number of aromatic nitrogens is 3. The predicted molar refractivity (Wildman–Crippen MR) is 103 cm³/mol. The van der Waals surface area contributed by atoms with Crippen molar-refractivity contribution in [3.05, 3.63) is 29.3 Å². The number of thiol groups is 1. The van der Waals surface area contributed by atoms with Crippen LogP contribution in [0.5, 0.6) is 0 Å². The van der Waals surface area contributed by atoms with E-state index in [0.29, 0.717) is 17.2 Å². The second-order valence-corrected chi connectivity index (χ2v) is 7.84. The molecule has 3 rings (SSSR count). The summed E-state index contributed by atoms with van der Waals surface area (Å²) >= 11 is 6.36. The van der Waals surface area contributed by atoms with Crippen molar-refractivity contribution in [1.29, 1.82) is 0 Å². The highest BCUT2D eigenvalue weighted by molar-refractivity contribution is 8.02. The van der Waals surface area contributed by atoms with Crippen LogP contribution in [0.4, 0.5) is 0 Å². The van der Waals surface area contributed by atoms with Crippen LogP contribution in [0, 0.1) is 0 Å². The number of hydrogen-bond acceptors (Lipinski definition) is 8. The Balaban J connectivity index is 1.68. The second-order valence-electron chi connectivity index (χ2n) is 5.44. The minimum Gasteiger partial charge on any atom is -0.366 e. The maximum atomic E-state index is 12.5. The van der Waals surface area contributed by atoms with E-state index >= 15 is 0 Å². The lowest BCUT2D eigenvalue weighted by molar-refractivity contribution is -0.146. The first-order valence-electron chi connectivity index (χ1n) is 7.54. The number of primary amides is 1. The lowest BCUT2D eigenvalue weighted by Gasteiger charge is -2.49. The van der Waals surface area contributed by atoms with Gasteiger partial charge in [0.25, 0.3) is 5.91 Å². The van der Waals surface area contributed by atoms with Gasteiger partial charge in [-0.2, -0.15) is 5.10 Å². The van der Waals surface area contributed by atoms with E-state index in [-0.39, 0.29) is 17.4 Å². The normalized spacial score (nSPS) is 21.8. The number of carbonyl (C=O) groups excluding carboxylic acids is 4. The summed E-state index contributed by atoms with van der Waals surface area (Å²) in [5.74, 6) is -0.527. The van der Waals surface area contributed by atoms with E-state index in [1.54, 1.807) is 0 Å². The smallest absolute Gasteiger partial charge is 0.253 e. The monoisotopic (exact) mass is 426 g/mol. The third-order valence-electron chi connectivity index (χ3n) is 3.73. The molecule has 1 aromatic heterocycles. The van der Waals surface area contributed by atoms with Gasteiger partial charge in [-0.05, 0) is 5.41 Å². The summed E-state index contributed by atoms with van der Waals surface area (Å²) in [6.45, 7) is 0. The van der Waals surface area contributed by atoms with Crippen LogP contribution in [0.2, 0.25) is 0 Å². The molecule has 1 aromatic rings. The molecule has 3 heterocycles. The van der Waals surface area contributed by atoms with Crippen molar-refractivity contribution in [1.82, 2.24) is 25.4 Å². The van der Waals surface area contributed by atoms with Crippen LogP contribution in [-0.2, 0) is 19.2 Å². The Kier molecular flexibility index (Phi) is 5.92. The zero-order valence-electron chi connectivity index (χ0n) is 13.6. The molecule has 13 heteroatoms. The summed E-state index contributed by atoms with van der Waals surface area (Å²) in [5.41, 5.74) is 5.64. The molecule has 4 N–H and O–H groups in total. The number of thioether (sulfide) groups is 2.